The van der Waals surface area contributed by atoms with Crippen LogP contribution in [0.5, 0.6) is 5.75 Å². The maximum absolute atomic E-state index is 12.6. The molecule has 104 valence electrons. The fourth-order valence-electron chi connectivity index (χ4n) is 2.00. The van der Waals surface area contributed by atoms with Crippen molar-refractivity contribution in [2.45, 2.75) is 19.4 Å². The normalized spacial score (nSPS) is 10.9. The third-order valence-corrected chi connectivity index (χ3v) is 3.08. The average molecular weight is 269 g/mol. The standard InChI is InChI=1S/C17H19NO2/c1-17(2,20-15-12-8-5-9-13-15)16(19)18(3)14-10-6-4-7-11-14/h4-13H,1-3H3. The molecule has 0 atom stereocenters. The molecule has 0 fully saturated rings. The second-order valence-corrected chi connectivity index (χ2v) is 5.13. The first-order chi connectivity index (χ1) is 9.50. The van der Waals surface area contributed by atoms with E-state index in [0.29, 0.717) is 5.75 Å². The molecule has 2 aromatic rings. The van der Waals surface area contributed by atoms with Crippen LogP contribution in [0.15, 0.2) is 60.7 Å². The van der Waals surface area contributed by atoms with Crippen LogP contribution in [0.2, 0.25) is 0 Å². The van der Waals surface area contributed by atoms with Gasteiger partial charge in [0.15, 0.2) is 5.60 Å². The Bertz CT molecular complexity index is 564. The van der Waals surface area contributed by atoms with Crippen LogP contribution < -0.4 is 9.64 Å². The predicted molar refractivity (Wildman–Crippen MR) is 81.0 cm³/mol. The zero-order valence-electron chi connectivity index (χ0n) is 12.0. The second kappa shape index (κ2) is 5.78. The lowest BCUT2D eigenvalue weighted by atomic mass is 10.1. The van der Waals surface area contributed by atoms with Crippen LogP contribution in [0.3, 0.4) is 0 Å². The van der Waals surface area contributed by atoms with E-state index in [0.717, 1.165) is 5.69 Å². The summed E-state index contributed by atoms with van der Waals surface area (Å²) in [4.78, 5) is 14.2. The molecule has 1 amide bonds. The van der Waals surface area contributed by atoms with Gasteiger partial charge in [-0.2, -0.15) is 0 Å². The van der Waals surface area contributed by atoms with Gasteiger partial charge in [-0.05, 0) is 38.1 Å². The van der Waals surface area contributed by atoms with Crippen molar-refractivity contribution in [2.24, 2.45) is 0 Å². The van der Waals surface area contributed by atoms with Crippen LogP contribution in [0.4, 0.5) is 5.69 Å². The molecular weight excluding hydrogens is 250 g/mol. The molecule has 0 bridgehead atoms. The fourth-order valence-corrected chi connectivity index (χ4v) is 2.00. The Hall–Kier alpha value is -2.29. The summed E-state index contributed by atoms with van der Waals surface area (Å²) < 4.78 is 5.82. The van der Waals surface area contributed by atoms with Crippen LogP contribution >= 0.6 is 0 Å². The van der Waals surface area contributed by atoms with Crippen molar-refractivity contribution in [1.82, 2.24) is 0 Å². The molecule has 0 aromatic heterocycles. The molecule has 2 aromatic carbocycles. The molecule has 0 saturated heterocycles. The Kier molecular flexibility index (Phi) is 4.08. The zero-order chi connectivity index (χ0) is 14.6. The summed E-state index contributed by atoms with van der Waals surface area (Å²) in [6.07, 6.45) is 0. The molecule has 20 heavy (non-hydrogen) atoms. The van der Waals surface area contributed by atoms with Crippen molar-refractivity contribution in [3.63, 3.8) is 0 Å². The molecule has 3 heteroatoms. The molecule has 0 unspecified atom stereocenters. The van der Waals surface area contributed by atoms with Gasteiger partial charge < -0.3 is 9.64 Å². The Morgan fingerprint density at radius 3 is 2.00 bits per heavy atom. The monoisotopic (exact) mass is 269 g/mol. The highest BCUT2D eigenvalue weighted by Crippen LogP contribution is 2.22. The zero-order valence-corrected chi connectivity index (χ0v) is 12.0. The molecule has 0 saturated carbocycles. The first-order valence-corrected chi connectivity index (χ1v) is 6.58. The van der Waals surface area contributed by atoms with Crippen molar-refractivity contribution in [3.05, 3.63) is 60.7 Å². The van der Waals surface area contributed by atoms with E-state index < -0.39 is 5.60 Å². The molecule has 0 aliphatic heterocycles. The molecule has 0 N–H and O–H groups in total. The Balaban J connectivity index is 2.15. The van der Waals surface area contributed by atoms with Crippen molar-refractivity contribution < 1.29 is 9.53 Å². The van der Waals surface area contributed by atoms with Crippen molar-refractivity contribution in [3.8, 4) is 5.75 Å². The largest absolute Gasteiger partial charge is 0.478 e. The number of carbonyl (C=O) groups excluding carboxylic acids is 1. The van der Waals surface area contributed by atoms with E-state index in [4.69, 9.17) is 4.74 Å². The van der Waals surface area contributed by atoms with Gasteiger partial charge in [-0.1, -0.05) is 36.4 Å². The van der Waals surface area contributed by atoms with Crippen molar-refractivity contribution in [2.75, 3.05) is 11.9 Å². The lowest BCUT2D eigenvalue weighted by Gasteiger charge is -2.30. The number of rotatable bonds is 4. The van der Waals surface area contributed by atoms with Gasteiger partial charge >= 0.3 is 0 Å². The molecule has 0 radical (unpaired) electrons. The van der Waals surface area contributed by atoms with Crippen LogP contribution in [-0.4, -0.2) is 18.6 Å². The van der Waals surface area contributed by atoms with Gasteiger partial charge in [0.1, 0.15) is 5.75 Å². The van der Waals surface area contributed by atoms with Gasteiger partial charge in [-0.25, -0.2) is 0 Å². The molecule has 2 rings (SSSR count). The predicted octanol–water partition coefficient (Wildman–Crippen LogP) is 3.51. The minimum atomic E-state index is -0.925. The summed E-state index contributed by atoms with van der Waals surface area (Å²) in [5.74, 6) is 0.597. The van der Waals surface area contributed by atoms with Crippen LogP contribution in [-0.2, 0) is 4.79 Å². The summed E-state index contributed by atoms with van der Waals surface area (Å²) in [6, 6.07) is 18.9. The molecule has 0 heterocycles. The van der Waals surface area contributed by atoms with Gasteiger partial charge in [-0.3, -0.25) is 4.79 Å². The van der Waals surface area contributed by atoms with Gasteiger partial charge in [0.05, 0.1) is 0 Å². The third-order valence-electron chi connectivity index (χ3n) is 3.08. The van der Waals surface area contributed by atoms with Crippen molar-refractivity contribution in [1.29, 1.82) is 0 Å². The highest BCUT2D eigenvalue weighted by atomic mass is 16.5. The second-order valence-electron chi connectivity index (χ2n) is 5.13. The number of nitrogens with zero attached hydrogens (tertiary/aromatic N) is 1. The van der Waals surface area contributed by atoms with E-state index in [1.54, 1.807) is 25.8 Å². The van der Waals surface area contributed by atoms with E-state index in [1.807, 2.05) is 60.7 Å². The molecular formula is C17H19NO2. The Morgan fingerprint density at radius 1 is 0.950 bits per heavy atom. The molecule has 0 aliphatic rings. The van der Waals surface area contributed by atoms with Gasteiger partial charge in [0, 0.05) is 12.7 Å². The summed E-state index contributed by atoms with van der Waals surface area (Å²) in [5, 5.41) is 0. The van der Waals surface area contributed by atoms with Crippen LogP contribution in [0, 0.1) is 0 Å². The Labute approximate surface area is 119 Å². The molecule has 0 spiro atoms. The van der Waals surface area contributed by atoms with E-state index in [1.165, 1.54) is 0 Å². The minimum Gasteiger partial charge on any atom is -0.478 e. The van der Waals surface area contributed by atoms with E-state index >= 15 is 0 Å². The van der Waals surface area contributed by atoms with Crippen LogP contribution in [0.1, 0.15) is 13.8 Å². The Morgan fingerprint density at radius 2 is 1.45 bits per heavy atom. The topological polar surface area (TPSA) is 29.5 Å². The highest BCUT2D eigenvalue weighted by Gasteiger charge is 2.33. The SMILES string of the molecule is CN(C(=O)C(C)(C)Oc1ccccc1)c1ccccc1. The molecule has 3 nitrogen and oxygen atoms in total. The molecule has 0 aliphatic carbocycles. The lowest BCUT2D eigenvalue weighted by Crippen LogP contribution is -2.47. The minimum absolute atomic E-state index is 0.0902. The number of anilines is 1. The number of carbonyl (C=O) groups is 1. The number of ether oxygens (including phenoxy) is 1. The first kappa shape index (κ1) is 14.1. The van der Waals surface area contributed by atoms with Gasteiger partial charge in [0.2, 0.25) is 0 Å². The van der Waals surface area contributed by atoms with E-state index in [-0.39, 0.29) is 5.91 Å². The summed E-state index contributed by atoms with van der Waals surface area (Å²) in [5.41, 5.74) is -0.0754. The summed E-state index contributed by atoms with van der Waals surface area (Å²) in [7, 11) is 1.76. The van der Waals surface area contributed by atoms with Crippen LogP contribution in [0.25, 0.3) is 0 Å². The third kappa shape index (κ3) is 3.18. The fraction of sp³-hybridized carbons (Fsp3) is 0.235. The maximum Gasteiger partial charge on any atom is 0.270 e. The number of benzene rings is 2. The van der Waals surface area contributed by atoms with E-state index in [9.17, 15) is 4.79 Å². The first-order valence-electron chi connectivity index (χ1n) is 6.58. The number of likely N-dealkylation sites (N-methyl/N-ethyl adjacent to an activating group) is 1. The number of hydrogen-bond acceptors (Lipinski definition) is 2. The van der Waals surface area contributed by atoms with Gasteiger partial charge in [0.25, 0.3) is 5.91 Å². The number of para-hydroxylation sites is 2. The van der Waals surface area contributed by atoms with Gasteiger partial charge in [-0.15, -0.1) is 0 Å². The van der Waals surface area contributed by atoms with E-state index in [2.05, 4.69) is 0 Å². The maximum atomic E-state index is 12.6. The summed E-state index contributed by atoms with van der Waals surface area (Å²) in [6.45, 7) is 3.56. The highest BCUT2D eigenvalue weighted by molar-refractivity contribution is 5.98. The summed E-state index contributed by atoms with van der Waals surface area (Å²) >= 11 is 0. The quantitative estimate of drug-likeness (QED) is 0.850. The lowest BCUT2D eigenvalue weighted by molar-refractivity contribution is -0.131. The average Bonchev–Trinajstić information content (AvgIpc) is 2.47. The van der Waals surface area contributed by atoms with Crippen molar-refractivity contribution >= 4 is 11.6 Å². The number of amides is 1. The number of hydrogen-bond donors (Lipinski definition) is 0. The smallest absolute Gasteiger partial charge is 0.270 e.